The minimum atomic E-state index is -1.04. The summed E-state index contributed by atoms with van der Waals surface area (Å²) in [5, 5.41) is 0. The quantitative estimate of drug-likeness (QED) is 0.429. The molecule has 0 saturated heterocycles. The largest absolute Gasteiger partial charge is 0.460 e. The van der Waals surface area contributed by atoms with Crippen LogP contribution in [0, 0.1) is 0 Å². The van der Waals surface area contributed by atoms with E-state index in [9.17, 15) is 9.18 Å². The Morgan fingerprint density at radius 3 is 2.67 bits per heavy atom. The first kappa shape index (κ1) is 8.14. The van der Waals surface area contributed by atoms with Crippen LogP contribution in [0.4, 0.5) is 4.39 Å². The zero-order chi connectivity index (χ0) is 7.28. The molecular weight excluding hydrogens is 123 g/mol. The number of halogens is 1. The molecule has 0 aliphatic carbocycles. The van der Waals surface area contributed by atoms with Gasteiger partial charge in [-0.1, -0.05) is 13.5 Å². The number of esters is 1. The van der Waals surface area contributed by atoms with Gasteiger partial charge in [0.05, 0.1) is 6.61 Å². The van der Waals surface area contributed by atoms with E-state index in [1.54, 1.807) is 0 Å². The zero-order valence-electron chi connectivity index (χ0n) is 5.32. The summed E-state index contributed by atoms with van der Waals surface area (Å²) >= 11 is 0. The molecule has 0 N–H and O–H groups in total. The second kappa shape index (κ2) is 4.06. The van der Waals surface area contributed by atoms with Crippen LogP contribution in [0.25, 0.3) is 0 Å². The summed E-state index contributed by atoms with van der Waals surface area (Å²) < 4.78 is 16.1. The summed E-state index contributed by atoms with van der Waals surface area (Å²) in [7, 11) is 0. The molecule has 3 heteroatoms. The summed E-state index contributed by atoms with van der Waals surface area (Å²) in [6.45, 7) is 4.85. The van der Waals surface area contributed by atoms with Crippen LogP contribution in [0.5, 0.6) is 0 Å². The third-order valence-corrected chi connectivity index (χ3v) is 0.659. The molecule has 0 unspecified atom stereocenters. The second-order valence-electron chi connectivity index (χ2n) is 1.54. The van der Waals surface area contributed by atoms with Crippen LogP contribution in [0.3, 0.4) is 0 Å². The van der Waals surface area contributed by atoms with Gasteiger partial charge < -0.3 is 4.74 Å². The second-order valence-corrected chi connectivity index (χ2v) is 1.54. The monoisotopic (exact) mass is 132 g/mol. The molecule has 0 aliphatic heterocycles. The molecule has 0 aliphatic rings. The van der Waals surface area contributed by atoms with E-state index in [1.807, 2.05) is 6.92 Å². The van der Waals surface area contributed by atoms with E-state index in [0.717, 1.165) is 0 Å². The van der Waals surface area contributed by atoms with Crippen LogP contribution in [0.1, 0.15) is 13.3 Å². The van der Waals surface area contributed by atoms with Gasteiger partial charge in [0.15, 0.2) is 0 Å². The van der Waals surface area contributed by atoms with Crippen molar-refractivity contribution in [3.05, 3.63) is 12.4 Å². The molecule has 0 aromatic rings. The molecule has 52 valence electrons. The summed E-state index contributed by atoms with van der Waals surface area (Å²) in [5.74, 6) is -2.00. The van der Waals surface area contributed by atoms with Gasteiger partial charge in [-0.05, 0) is 6.42 Å². The number of carbonyl (C=O) groups excluding carboxylic acids is 1. The normalized spacial score (nSPS) is 8.67. The molecule has 0 fully saturated rings. The molecule has 0 saturated carbocycles. The maximum Gasteiger partial charge on any atom is 0.366 e. The molecule has 0 bridgehead atoms. The molecule has 0 radical (unpaired) electrons. The lowest BCUT2D eigenvalue weighted by atomic mass is 10.5. The Hall–Kier alpha value is -0.860. The highest BCUT2D eigenvalue weighted by Crippen LogP contribution is 1.94. The van der Waals surface area contributed by atoms with Gasteiger partial charge in [-0.25, -0.2) is 4.79 Å². The first-order valence-electron chi connectivity index (χ1n) is 2.70. The van der Waals surface area contributed by atoms with Crippen molar-refractivity contribution in [1.82, 2.24) is 0 Å². The molecule has 0 heterocycles. The molecule has 0 rings (SSSR count). The van der Waals surface area contributed by atoms with Crippen molar-refractivity contribution < 1.29 is 13.9 Å². The van der Waals surface area contributed by atoms with E-state index in [4.69, 9.17) is 0 Å². The Kier molecular flexibility index (Phi) is 3.67. The van der Waals surface area contributed by atoms with Gasteiger partial charge in [-0.2, -0.15) is 4.39 Å². The van der Waals surface area contributed by atoms with Crippen LogP contribution in [0.2, 0.25) is 0 Å². The summed E-state index contributed by atoms with van der Waals surface area (Å²) in [4.78, 5) is 10.2. The lowest BCUT2D eigenvalue weighted by molar-refractivity contribution is -0.140. The minimum absolute atomic E-state index is 0.252. The molecule has 0 spiro atoms. The van der Waals surface area contributed by atoms with E-state index in [2.05, 4.69) is 11.3 Å². The Labute approximate surface area is 53.3 Å². The lowest BCUT2D eigenvalue weighted by Crippen LogP contribution is -2.04. The number of carbonyl (C=O) groups is 1. The molecule has 0 atom stereocenters. The number of rotatable bonds is 3. The van der Waals surface area contributed by atoms with Crippen LogP contribution in [-0.2, 0) is 9.53 Å². The summed E-state index contributed by atoms with van der Waals surface area (Å²) in [5.41, 5.74) is 0. The Bertz CT molecular complexity index is 120. The van der Waals surface area contributed by atoms with Crippen molar-refractivity contribution >= 4 is 5.97 Å². The lowest BCUT2D eigenvalue weighted by Gasteiger charge is -1.97. The molecule has 0 aromatic carbocycles. The number of hydrogen-bond donors (Lipinski definition) is 0. The third kappa shape index (κ3) is 3.70. The van der Waals surface area contributed by atoms with Gasteiger partial charge in [0.25, 0.3) is 0 Å². The van der Waals surface area contributed by atoms with E-state index in [1.165, 1.54) is 0 Å². The highest BCUT2D eigenvalue weighted by Gasteiger charge is 2.04. The predicted molar refractivity (Wildman–Crippen MR) is 31.5 cm³/mol. The van der Waals surface area contributed by atoms with Crippen molar-refractivity contribution in [3.63, 3.8) is 0 Å². The zero-order valence-corrected chi connectivity index (χ0v) is 5.32. The van der Waals surface area contributed by atoms with Crippen molar-refractivity contribution in [2.45, 2.75) is 13.3 Å². The highest BCUT2D eigenvalue weighted by atomic mass is 19.1. The summed E-state index contributed by atoms with van der Waals surface area (Å²) in [6.07, 6.45) is 0.693. The Balaban J connectivity index is 3.39. The SMILES string of the molecule is C=C(F)C(=O)OCCC. The molecule has 0 aromatic heterocycles. The van der Waals surface area contributed by atoms with Gasteiger partial charge in [0.2, 0.25) is 5.83 Å². The fourth-order valence-corrected chi connectivity index (χ4v) is 0.273. The van der Waals surface area contributed by atoms with Gasteiger partial charge >= 0.3 is 5.97 Å². The van der Waals surface area contributed by atoms with Gasteiger partial charge in [-0.15, -0.1) is 0 Å². The molecule has 0 amide bonds. The Morgan fingerprint density at radius 2 is 2.33 bits per heavy atom. The van der Waals surface area contributed by atoms with Crippen LogP contribution in [-0.4, -0.2) is 12.6 Å². The van der Waals surface area contributed by atoms with Crippen LogP contribution in [0.15, 0.2) is 12.4 Å². The minimum Gasteiger partial charge on any atom is -0.460 e. The first-order chi connectivity index (χ1) is 4.18. The van der Waals surface area contributed by atoms with E-state index in [-0.39, 0.29) is 6.61 Å². The number of ether oxygens (including phenoxy) is 1. The van der Waals surface area contributed by atoms with Crippen molar-refractivity contribution in [1.29, 1.82) is 0 Å². The maximum atomic E-state index is 11.7. The van der Waals surface area contributed by atoms with Gasteiger partial charge in [-0.3, -0.25) is 0 Å². The van der Waals surface area contributed by atoms with Crippen molar-refractivity contribution in [3.8, 4) is 0 Å². The molecular formula is C6H9FO2. The first-order valence-corrected chi connectivity index (χ1v) is 2.70. The van der Waals surface area contributed by atoms with Crippen molar-refractivity contribution in [2.24, 2.45) is 0 Å². The van der Waals surface area contributed by atoms with E-state index in [0.29, 0.717) is 6.42 Å². The average Bonchev–Trinajstić information content (AvgIpc) is 1.82. The smallest absolute Gasteiger partial charge is 0.366 e. The van der Waals surface area contributed by atoms with Gasteiger partial charge in [0.1, 0.15) is 0 Å². The predicted octanol–water partition coefficient (Wildman–Crippen LogP) is 1.42. The van der Waals surface area contributed by atoms with Crippen LogP contribution >= 0.6 is 0 Å². The summed E-state index contributed by atoms with van der Waals surface area (Å²) in [6, 6.07) is 0. The Morgan fingerprint density at radius 1 is 1.78 bits per heavy atom. The third-order valence-electron chi connectivity index (χ3n) is 0.659. The average molecular weight is 132 g/mol. The van der Waals surface area contributed by atoms with E-state index >= 15 is 0 Å². The molecule has 9 heavy (non-hydrogen) atoms. The fourth-order valence-electron chi connectivity index (χ4n) is 0.273. The van der Waals surface area contributed by atoms with Gasteiger partial charge in [0, 0.05) is 0 Å². The fraction of sp³-hybridized carbons (Fsp3) is 0.500. The van der Waals surface area contributed by atoms with Crippen LogP contribution < -0.4 is 0 Å². The maximum absolute atomic E-state index is 11.7. The highest BCUT2D eigenvalue weighted by molar-refractivity contribution is 5.85. The van der Waals surface area contributed by atoms with Crippen molar-refractivity contribution in [2.75, 3.05) is 6.61 Å². The van der Waals surface area contributed by atoms with E-state index < -0.39 is 11.8 Å². The molecule has 2 nitrogen and oxygen atoms in total. The topological polar surface area (TPSA) is 26.3 Å². The standard InChI is InChI=1S/C6H9FO2/c1-3-4-9-6(8)5(2)7/h2-4H2,1H3. The number of hydrogen-bond acceptors (Lipinski definition) is 2.